The highest BCUT2D eigenvalue weighted by Crippen LogP contribution is 2.40. The average molecular weight is 517 g/mol. The molecule has 2 aromatic rings. The van der Waals surface area contributed by atoms with E-state index in [-0.39, 0.29) is 32.1 Å². The number of carboxylic acid groups (broad SMARTS) is 1. The number of hydrogen-bond donors (Lipinski definition) is 2. The first kappa shape index (κ1) is 27.7. The molecule has 1 atom stereocenters. The molecule has 3 rings (SSSR count). The van der Waals surface area contributed by atoms with E-state index in [2.05, 4.69) is 4.72 Å². The molecule has 194 valence electrons. The molecule has 0 aliphatic carbocycles. The van der Waals surface area contributed by atoms with Gasteiger partial charge in [0.1, 0.15) is 18.1 Å². The molecule has 36 heavy (non-hydrogen) atoms. The highest BCUT2D eigenvalue weighted by molar-refractivity contribution is 7.89. The van der Waals surface area contributed by atoms with Crippen LogP contribution in [0, 0.1) is 11.7 Å². The van der Waals surface area contributed by atoms with Gasteiger partial charge >= 0.3 is 5.97 Å². The summed E-state index contributed by atoms with van der Waals surface area (Å²) in [4.78, 5) is 12.3. The van der Waals surface area contributed by atoms with Crippen LogP contribution in [0.1, 0.15) is 53.5 Å². The van der Waals surface area contributed by atoms with Gasteiger partial charge in [0.05, 0.1) is 11.9 Å². The smallest absolute Gasteiger partial charge is 0.344 e. The van der Waals surface area contributed by atoms with Gasteiger partial charge in [0.25, 0.3) is 0 Å². The molecule has 0 aromatic heterocycles. The van der Waals surface area contributed by atoms with Gasteiger partial charge in [-0.05, 0) is 45.4 Å². The van der Waals surface area contributed by atoms with Crippen LogP contribution in [0.25, 0.3) is 16.8 Å². The molecule has 0 amide bonds. The Balaban J connectivity index is 2.20. The molecule has 0 radical (unpaired) electrons. The zero-order valence-corrected chi connectivity index (χ0v) is 22.7. The van der Waals surface area contributed by atoms with Crippen molar-refractivity contribution in [3.8, 4) is 11.1 Å². The van der Waals surface area contributed by atoms with Crippen molar-refractivity contribution in [1.29, 1.82) is 0 Å². The van der Waals surface area contributed by atoms with Crippen molar-refractivity contribution in [2.45, 2.75) is 58.4 Å². The highest BCUT2D eigenvalue weighted by Gasteiger charge is 2.44. The van der Waals surface area contributed by atoms with Crippen molar-refractivity contribution in [3.63, 3.8) is 0 Å². The fourth-order valence-electron chi connectivity index (χ4n) is 4.60. The quantitative estimate of drug-likeness (QED) is 0.469. The lowest BCUT2D eigenvalue weighted by Gasteiger charge is -2.26. The summed E-state index contributed by atoms with van der Waals surface area (Å²) < 4.78 is 44.5. The lowest BCUT2D eigenvalue weighted by Crippen LogP contribution is -2.40. The molecule has 0 spiro atoms. The van der Waals surface area contributed by atoms with E-state index in [0.717, 1.165) is 6.42 Å². The summed E-state index contributed by atoms with van der Waals surface area (Å²) >= 11 is 0. The second-order valence-corrected chi connectivity index (χ2v) is 12.2. The Kier molecular flexibility index (Phi) is 7.60. The van der Waals surface area contributed by atoms with E-state index in [1.54, 1.807) is 45.0 Å². The minimum atomic E-state index is -3.93. The van der Waals surface area contributed by atoms with Crippen LogP contribution < -0.4 is 4.72 Å². The van der Waals surface area contributed by atoms with E-state index >= 15 is 4.39 Å². The van der Waals surface area contributed by atoms with Crippen LogP contribution >= 0.6 is 0 Å². The monoisotopic (exact) mass is 516 g/mol. The molecule has 1 aliphatic heterocycles. The molecule has 7 nitrogen and oxygen atoms in total. The predicted molar refractivity (Wildman–Crippen MR) is 140 cm³/mol. The Bertz CT molecular complexity index is 1360. The van der Waals surface area contributed by atoms with Gasteiger partial charge in [-0.1, -0.05) is 50.1 Å². The average Bonchev–Trinajstić information content (AvgIpc) is 3.06. The zero-order chi connectivity index (χ0) is 27.1. The van der Waals surface area contributed by atoms with Crippen LogP contribution in [0.3, 0.4) is 0 Å². The van der Waals surface area contributed by atoms with Crippen LogP contribution in [0.5, 0.6) is 0 Å². The number of sulfonamides is 1. The van der Waals surface area contributed by atoms with Crippen molar-refractivity contribution in [3.05, 3.63) is 59.4 Å². The van der Waals surface area contributed by atoms with Crippen LogP contribution in [0.15, 0.2) is 58.0 Å². The van der Waals surface area contributed by atoms with Crippen molar-refractivity contribution < 1.29 is 27.3 Å². The van der Waals surface area contributed by atoms with Gasteiger partial charge in [-0.2, -0.15) is 4.59 Å². The summed E-state index contributed by atoms with van der Waals surface area (Å²) in [6, 6.07) is 10.7. The third kappa shape index (κ3) is 5.43. The van der Waals surface area contributed by atoms with Gasteiger partial charge < -0.3 is 5.11 Å². The molecule has 2 N–H and O–H groups in total. The zero-order valence-electron chi connectivity index (χ0n) is 21.9. The largest absolute Gasteiger partial charge is 0.477 e. The summed E-state index contributed by atoms with van der Waals surface area (Å²) in [6.45, 7) is 11.5. The third-order valence-electron chi connectivity index (χ3n) is 5.87. The van der Waals surface area contributed by atoms with Gasteiger partial charge in [-0.3, -0.25) is 0 Å². The third-order valence-corrected chi connectivity index (χ3v) is 7.69. The fraction of sp³-hybridized carbons (Fsp3) is 0.407. The summed E-state index contributed by atoms with van der Waals surface area (Å²) in [5, 5.41) is 14.8. The Morgan fingerprint density at radius 2 is 1.78 bits per heavy atom. The molecule has 1 heterocycles. The maximum absolute atomic E-state index is 15.7. The molecular weight excluding hydrogens is 481 g/mol. The maximum atomic E-state index is 15.7. The second kappa shape index (κ2) is 9.88. The number of carbonyl (C=O) groups is 1. The molecule has 2 aromatic carbocycles. The fourth-order valence-corrected chi connectivity index (χ4v) is 6.24. The summed E-state index contributed by atoms with van der Waals surface area (Å²) in [7, 11) is -2.10. The van der Waals surface area contributed by atoms with E-state index in [1.807, 2.05) is 27.8 Å². The second-order valence-electron chi connectivity index (χ2n) is 10.6. The Hall–Kier alpha value is -2.88. The van der Waals surface area contributed by atoms with Crippen molar-refractivity contribution in [1.82, 2.24) is 4.72 Å². The SMILES string of the molecule is CCC[N+]1(C)N=C(C(C)C)C(C(=O)O)=C1c1ccc(-c2ccccc2S(=O)(=O)NC(C)(C)C)c(F)c1. The number of halogens is 1. The first-order valence-corrected chi connectivity index (χ1v) is 13.5. The lowest BCUT2D eigenvalue weighted by atomic mass is 9.95. The van der Waals surface area contributed by atoms with E-state index in [0.29, 0.717) is 23.5 Å². The normalized spacial score (nSPS) is 18.6. The lowest BCUT2D eigenvalue weighted by molar-refractivity contribution is -0.844. The van der Waals surface area contributed by atoms with E-state index < -0.39 is 27.3 Å². The highest BCUT2D eigenvalue weighted by atomic mass is 32.2. The van der Waals surface area contributed by atoms with E-state index in [1.165, 1.54) is 18.2 Å². The molecule has 1 unspecified atom stereocenters. The summed E-state index contributed by atoms with van der Waals surface area (Å²) in [5.74, 6) is -1.88. The van der Waals surface area contributed by atoms with Crippen LogP contribution in [0.4, 0.5) is 4.39 Å². The van der Waals surface area contributed by atoms with E-state index in [9.17, 15) is 18.3 Å². The van der Waals surface area contributed by atoms with Crippen molar-refractivity contribution >= 4 is 27.4 Å². The molecule has 0 saturated carbocycles. The molecule has 0 fully saturated rings. The number of nitrogens with zero attached hydrogens (tertiary/aromatic N) is 2. The van der Waals surface area contributed by atoms with Gasteiger partial charge in [-0.25, -0.2) is 22.3 Å². The summed E-state index contributed by atoms with van der Waals surface area (Å²) in [5.41, 5.74) is 1.01. The van der Waals surface area contributed by atoms with Gasteiger partial charge in [-0.15, -0.1) is 0 Å². The molecule has 0 bridgehead atoms. The first-order valence-electron chi connectivity index (χ1n) is 12.0. The standard InChI is InChI=1S/C27H34FN3O4S/c1-8-15-31(7)25(23(26(32)33)24(29-31)17(2)3)18-13-14-19(21(28)16-18)20-11-9-10-12-22(20)36(34,35)30-27(4,5)6/h9-14,16-17,30H,8,15H2,1-7H3/p+1. The Morgan fingerprint density at radius 3 is 2.31 bits per heavy atom. The number of rotatable bonds is 8. The number of nitrogens with one attached hydrogen (secondary N) is 1. The summed E-state index contributed by atoms with van der Waals surface area (Å²) in [6.07, 6.45) is 0.744. The van der Waals surface area contributed by atoms with Gasteiger partial charge in [0.15, 0.2) is 11.3 Å². The van der Waals surface area contributed by atoms with Crippen LogP contribution in [-0.4, -0.2) is 48.9 Å². The number of aliphatic carboxylic acids is 1. The van der Waals surface area contributed by atoms with Crippen LogP contribution in [-0.2, 0) is 14.8 Å². The minimum Gasteiger partial charge on any atom is -0.477 e. The van der Waals surface area contributed by atoms with Crippen molar-refractivity contribution in [2.75, 3.05) is 13.6 Å². The molecule has 1 aliphatic rings. The van der Waals surface area contributed by atoms with Gasteiger partial charge in [0.2, 0.25) is 10.0 Å². The molecule has 0 saturated heterocycles. The number of carboxylic acids is 1. The first-order chi connectivity index (χ1) is 16.6. The Labute approximate surface area is 213 Å². The number of quaternary nitrogens is 1. The molecule has 9 heteroatoms. The topological polar surface area (TPSA) is 95.8 Å². The Morgan fingerprint density at radius 1 is 1.14 bits per heavy atom. The molecular formula is C27H35FN3O4S+. The maximum Gasteiger partial charge on any atom is 0.344 e. The minimum absolute atomic E-state index is 0.00486. The number of hydrogen-bond acceptors (Lipinski definition) is 4. The van der Waals surface area contributed by atoms with E-state index in [4.69, 9.17) is 5.10 Å². The van der Waals surface area contributed by atoms with Crippen molar-refractivity contribution in [2.24, 2.45) is 11.0 Å². The van der Waals surface area contributed by atoms with Crippen LogP contribution in [0.2, 0.25) is 0 Å². The van der Waals surface area contributed by atoms with Gasteiger partial charge in [0, 0.05) is 28.1 Å². The predicted octanol–water partition coefficient (Wildman–Crippen LogP) is 5.25. The number of benzene rings is 2.